The van der Waals surface area contributed by atoms with Gasteiger partial charge in [-0.05, 0) is 31.2 Å². The van der Waals surface area contributed by atoms with Gasteiger partial charge in [0.05, 0.1) is 0 Å². The lowest BCUT2D eigenvalue weighted by molar-refractivity contribution is 0.662. The van der Waals surface area contributed by atoms with Gasteiger partial charge >= 0.3 is 0 Å². The molecule has 0 spiro atoms. The summed E-state index contributed by atoms with van der Waals surface area (Å²) in [5.74, 6) is 1.45. The number of nitrogens with zero attached hydrogens (tertiary/aromatic N) is 3. The highest BCUT2D eigenvalue weighted by atomic mass is 16.1. The van der Waals surface area contributed by atoms with Crippen LogP contribution in [0.5, 0.6) is 0 Å². The van der Waals surface area contributed by atoms with Crippen molar-refractivity contribution in [3.8, 4) is 11.4 Å². The van der Waals surface area contributed by atoms with Gasteiger partial charge in [-0.2, -0.15) is 5.10 Å². The fourth-order valence-corrected chi connectivity index (χ4v) is 2.97. The van der Waals surface area contributed by atoms with E-state index in [4.69, 9.17) is 0 Å². The predicted octanol–water partition coefficient (Wildman–Crippen LogP) is 2.35. The number of rotatable bonds is 6. The third-order valence-corrected chi connectivity index (χ3v) is 4.35. The van der Waals surface area contributed by atoms with Crippen LogP contribution in [0.1, 0.15) is 17.1 Å². The lowest BCUT2D eigenvalue weighted by atomic mass is 10.1. The minimum atomic E-state index is 0.0422. The summed E-state index contributed by atoms with van der Waals surface area (Å²) in [6.07, 6.45) is 4.17. The number of aryl methyl sites for hydroxylation is 1. The van der Waals surface area contributed by atoms with E-state index in [0.717, 1.165) is 40.1 Å². The van der Waals surface area contributed by atoms with E-state index < -0.39 is 0 Å². The predicted molar refractivity (Wildman–Crippen MR) is 104 cm³/mol. The smallest absolute Gasteiger partial charge is 0.189 e. The lowest BCUT2D eigenvalue weighted by Gasteiger charge is -2.06. The molecule has 4 aromatic rings. The van der Waals surface area contributed by atoms with Crippen LogP contribution in [0.2, 0.25) is 0 Å². The number of H-pyrrole nitrogens is 2. The molecule has 0 aliphatic heterocycles. The van der Waals surface area contributed by atoms with Crippen molar-refractivity contribution in [2.45, 2.75) is 19.9 Å². The molecule has 0 amide bonds. The second-order valence-corrected chi connectivity index (χ2v) is 6.48. The fourth-order valence-electron chi connectivity index (χ4n) is 2.97. The molecule has 0 bridgehead atoms. The second kappa shape index (κ2) is 7.51. The third-order valence-electron chi connectivity index (χ3n) is 4.35. The Morgan fingerprint density at radius 1 is 1.19 bits per heavy atom. The van der Waals surface area contributed by atoms with Gasteiger partial charge in [0.15, 0.2) is 11.3 Å². The number of aromatic nitrogens is 5. The average molecular weight is 360 g/mol. The lowest BCUT2D eigenvalue weighted by Crippen LogP contribution is -2.19. The summed E-state index contributed by atoms with van der Waals surface area (Å²) in [6.45, 7) is 3.29. The third kappa shape index (κ3) is 3.93. The summed E-state index contributed by atoms with van der Waals surface area (Å²) in [7, 11) is 0. The Hall–Kier alpha value is -3.32. The Bertz CT molecular complexity index is 1120. The van der Waals surface area contributed by atoms with Crippen LogP contribution in [0.25, 0.3) is 22.3 Å². The Labute approximate surface area is 155 Å². The van der Waals surface area contributed by atoms with Crippen molar-refractivity contribution in [3.05, 3.63) is 76.1 Å². The Balaban J connectivity index is 1.35. The van der Waals surface area contributed by atoms with Gasteiger partial charge in [-0.1, -0.05) is 11.6 Å². The monoisotopic (exact) mass is 360 g/mol. The van der Waals surface area contributed by atoms with E-state index in [0.29, 0.717) is 18.8 Å². The standard InChI is InChI=1S/C20H20N6O/c1-13-4-5-17-16(9-13)18(27)10-15(23-17)12-22-8-6-19-24-20(26-25-19)14-3-2-7-21-11-14/h2-5,7,9-11,22H,6,8,12H2,1H3,(H,23,27)(H,24,25,26). The molecule has 0 aliphatic carbocycles. The highest BCUT2D eigenvalue weighted by Gasteiger charge is 2.06. The van der Waals surface area contributed by atoms with Crippen LogP contribution in [0.4, 0.5) is 0 Å². The minimum Gasteiger partial charge on any atom is -0.357 e. The summed E-state index contributed by atoms with van der Waals surface area (Å²) in [4.78, 5) is 24.1. The maximum atomic E-state index is 12.3. The summed E-state index contributed by atoms with van der Waals surface area (Å²) in [6, 6.07) is 11.3. The number of nitrogens with one attached hydrogen (secondary N) is 3. The number of pyridine rings is 2. The molecule has 7 heteroatoms. The number of hydrogen-bond acceptors (Lipinski definition) is 5. The average Bonchev–Trinajstić information content (AvgIpc) is 3.16. The van der Waals surface area contributed by atoms with Crippen molar-refractivity contribution in [2.24, 2.45) is 0 Å². The van der Waals surface area contributed by atoms with Gasteiger partial charge in [-0.25, -0.2) is 4.98 Å². The molecule has 0 atom stereocenters. The molecule has 1 aromatic carbocycles. The largest absolute Gasteiger partial charge is 0.357 e. The van der Waals surface area contributed by atoms with Gasteiger partial charge in [-0.3, -0.25) is 14.9 Å². The topological polar surface area (TPSA) is 99.3 Å². The molecule has 3 N–H and O–H groups in total. The first-order valence-electron chi connectivity index (χ1n) is 8.84. The van der Waals surface area contributed by atoms with E-state index >= 15 is 0 Å². The molecule has 0 fully saturated rings. The minimum absolute atomic E-state index is 0.0422. The molecule has 136 valence electrons. The number of benzene rings is 1. The van der Waals surface area contributed by atoms with E-state index in [1.54, 1.807) is 18.5 Å². The fraction of sp³-hybridized carbons (Fsp3) is 0.200. The van der Waals surface area contributed by atoms with Crippen LogP contribution in [-0.2, 0) is 13.0 Å². The van der Waals surface area contributed by atoms with E-state index in [1.807, 2.05) is 37.3 Å². The maximum absolute atomic E-state index is 12.3. The maximum Gasteiger partial charge on any atom is 0.189 e. The highest BCUT2D eigenvalue weighted by Crippen LogP contribution is 2.12. The van der Waals surface area contributed by atoms with Gasteiger partial charge < -0.3 is 10.3 Å². The molecule has 0 saturated heterocycles. The molecule has 0 unspecified atom stereocenters. The van der Waals surface area contributed by atoms with Gasteiger partial charge in [0, 0.05) is 60.1 Å². The van der Waals surface area contributed by atoms with Gasteiger partial charge in [0.2, 0.25) is 0 Å². The molecule has 3 aromatic heterocycles. The zero-order valence-corrected chi connectivity index (χ0v) is 15.0. The van der Waals surface area contributed by atoms with E-state index in [-0.39, 0.29) is 5.43 Å². The molecular formula is C20H20N6O. The zero-order valence-electron chi connectivity index (χ0n) is 15.0. The van der Waals surface area contributed by atoms with Crippen molar-refractivity contribution in [2.75, 3.05) is 6.54 Å². The quantitative estimate of drug-likeness (QED) is 0.458. The van der Waals surface area contributed by atoms with Crippen LogP contribution in [0.15, 0.2) is 53.6 Å². The van der Waals surface area contributed by atoms with Crippen LogP contribution < -0.4 is 10.7 Å². The second-order valence-electron chi connectivity index (χ2n) is 6.48. The van der Waals surface area contributed by atoms with Crippen LogP contribution in [0.3, 0.4) is 0 Å². The number of hydrogen-bond donors (Lipinski definition) is 3. The molecule has 0 saturated carbocycles. The van der Waals surface area contributed by atoms with Crippen molar-refractivity contribution >= 4 is 10.9 Å². The molecule has 3 heterocycles. The Morgan fingerprint density at radius 2 is 2.11 bits per heavy atom. The zero-order chi connectivity index (χ0) is 18.6. The molecule has 0 radical (unpaired) electrons. The van der Waals surface area contributed by atoms with Crippen LogP contribution in [0, 0.1) is 6.92 Å². The molecular weight excluding hydrogens is 340 g/mol. The van der Waals surface area contributed by atoms with E-state index in [2.05, 4.69) is 30.5 Å². The number of fused-ring (bicyclic) bond motifs is 1. The Kier molecular flexibility index (Phi) is 4.76. The molecule has 4 rings (SSSR count). The molecule has 0 aliphatic rings. The van der Waals surface area contributed by atoms with Gasteiger partial charge in [0.25, 0.3) is 0 Å². The summed E-state index contributed by atoms with van der Waals surface area (Å²) in [5, 5.41) is 11.2. The SMILES string of the molecule is Cc1ccc2[nH]c(CNCCc3nc(-c4cccnc4)n[nH]3)cc(=O)c2c1. The number of aromatic amines is 2. The van der Waals surface area contributed by atoms with Crippen LogP contribution in [-0.4, -0.2) is 31.7 Å². The first-order valence-corrected chi connectivity index (χ1v) is 8.84. The molecule has 27 heavy (non-hydrogen) atoms. The van der Waals surface area contributed by atoms with Crippen molar-refractivity contribution in [1.29, 1.82) is 0 Å². The van der Waals surface area contributed by atoms with Crippen molar-refractivity contribution < 1.29 is 0 Å². The Morgan fingerprint density at radius 3 is 2.96 bits per heavy atom. The van der Waals surface area contributed by atoms with E-state index in [9.17, 15) is 4.79 Å². The first-order chi connectivity index (χ1) is 13.2. The van der Waals surface area contributed by atoms with Crippen molar-refractivity contribution in [3.63, 3.8) is 0 Å². The summed E-state index contributed by atoms with van der Waals surface area (Å²) >= 11 is 0. The van der Waals surface area contributed by atoms with E-state index in [1.165, 1.54) is 0 Å². The van der Waals surface area contributed by atoms with Gasteiger partial charge in [-0.15, -0.1) is 0 Å². The van der Waals surface area contributed by atoms with Crippen molar-refractivity contribution in [1.82, 2.24) is 30.5 Å². The molecule has 7 nitrogen and oxygen atoms in total. The highest BCUT2D eigenvalue weighted by molar-refractivity contribution is 5.79. The summed E-state index contributed by atoms with van der Waals surface area (Å²) < 4.78 is 0. The normalized spacial score (nSPS) is 11.1. The first kappa shape index (κ1) is 17.1. The van der Waals surface area contributed by atoms with Crippen LogP contribution >= 0.6 is 0 Å². The van der Waals surface area contributed by atoms with Gasteiger partial charge in [0.1, 0.15) is 5.82 Å². The summed E-state index contributed by atoms with van der Waals surface area (Å²) in [5.41, 5.74) is 3.74.